The molecule has 19 heavy (non-hydrogen) atoms. The van der Waals surface area contributed by atoms with Gasteiger partial charge in [-0.05, 0) is 37.7 Å². The molecule has 0 saturated carbocycles. The predicted molar refractivity (Wildman–Crippen MR) is 79.9 cm³/mol. The van der Waals surface area contributed by atoms with Crippen molar-refractivity contribution in [2.24, 2.45) is 5.73 Å². The summed E-state index contributed by atoms with van der Waals surface area (Å²) in [6.45, 7) is 2.75. The monoisotopic (exact) mass is 282 g/mol. The van der Waals surface area contributed by atoms with Gasteiger partial charge in [0.05, 0.1) is 5.69 Å². The van der Waals surface area contributed by atoms with Crippen molar-refractivity contribution in [2.45, 2.75) is 51.5 Å². The average molecular weight is 283 g/mol. The first-order chi connectivity index (χ1) is 8.88. The largest absolute Gasteiger partial charge is 0.341 e. The third-order valence-electron chi connectivity index (χ3n) is 4.09. The van der Waals surface area contributed by atoms with E-state index in [0.717, 1.165) is 37.6 Å². The topological polar surface area (TPSA) is 55.0 Å². The van der Waals surface area contributed by atoms with E-state index in [9.17, 15) is 0 Å². The van der Waals surface area contributed by atoms with Crippen LogP contribution in [0.25, 0.3) is 0 Å². The van der Waals surface area contributed by atoms with Gasteiger partial charge >= 0.3 is 0 Å². The predicted octanol–water partition coefficient (Wildman–Crippen LogP) is 2.23. The van der Waals surface area contributed by atoms with E-state index in [2.05, 4.69) is 4.90 Å². The molecule has 0 radical (unpaired) electrons. The fraction of sp³-hybridized carbons (Fsp3) is 0.714. The lowest BCUT2D eigenvalue weighted by Crippen LogP contribution is -2.27. The minimum Gasteiger partial charge on any atom is -0.341 e. The highest BCUT2D eigenvalue weighted by Gasteiger charge is 2.21. The van der Waals surface area contributed by atoms with E-state index < -0.39 is 0 Å². The van der Waals surface area contributed by atoms with Gasteiger partial charge in [-0.3, -0.25) is 0 Å². The Balaban J connectivity index is 0.00000133. The van der Waals surface area contributed by atoms with E-state index >= 15 is 0 Å². The van der Waals surface area contributed by atoms with Gasteiger partial charge in [0, 0.05) is 25.3 Å². The summed E-state index contributed by atoms with van der Waals surface area (Å²) in [5, 5.41) is 0. The molecular weight excluding hydrogens is 260 g/mol. The molecule has 0 amide bonds. The van der Waals surface area contributed by atoms with Gasteiger partial charge in [0.15, 0.2) is 0 Å². The zero-order valence-corrected chi connectivity index (χ0v) is 12.2. The Morgan fingerprint density at radius 1 is 0.947 bits per heavy atom. The average Bonchev–Trinajstić information content (AvgIpc) is 2.71. The van der Waals surface area contributed by atoms with Crippen molar-refractivity contribution in [1.82, 2.24) is 9.97 Å². The van der Waals surface area contributed by atoms with Crippen LogP contribution in [0.2, 0.25) is 0 Å². The van der Waals surface area contributed by atoms with Crippen LogP contribution in [0, 0.1) is 0 Å². The molecule has 1 saturated heterocycles. The third kappa shape index (κ3) is 3.00. The molecule has 1 aromatic heterocycles. The molecule has 0 spiro atoms. The number of aromatic nitrogens is 2. The van der Waals surface area contributed by atoms with Crippen LogP contribution in [-0.2, 0) is 19.4 Å². The summed E-state index contributed by atoms with van der Waals surface area (Å²) in [6, 6.07) is 0. The summed E-state index contributed by atoms with van der Waals surface area (Å²) in [7, 11) is 0. The molecule has 0 bridgehead atoms. The second-order valence-corrected chi connectivity index (χ2v) is 5.35. The zero-order chi connectivity index (χ0) is 12.4. The molecule has 0 aromatic carbocycles. The Kier molecular flexibility index (Phi) is 4.99. The van der Waals surface area contributed by atoms with Gasteiger partial charge in [-0.2, -0.15) is 0 Å². The van der Waals surface area contributed by atoms with Crippen LogP contribution in [0.1, 0.15) is 49.1 Å². The maximum atomic E-state index is 5.84. The van der Waals surface area contributed by atoms with E-state index in [-0.39, 0.29) is 12.4 Å². The summed E-state index contributed by atoms with van der Waals surface area (Å²) >= 11 is 0. The number of nitrogens with zero attached hydrogens (tertiary/aromatic N) is 3. The van der Waals surface area contributed by atoms with E-state index in [1.165, 1.54) is 43.4 Å². The fourth-order valence-corrected chi connectivity index (χ4v) is 3.08. The Bertz CT molecular complexity index is 428. The first-order valence-corrected chi connectivity index (χ1v) is 7.22. The van der Waals surface area contributed by atoms with Crippen molar-refractivity contribution in [3.63, 3.8) is 0 Å². The molecule has 1 aliphatic carbocycles. The number of nitrogens with two attached hydrogens (primary N) is 1. The van der Waals surface area contributed by atoms with Gasteiger partial charge in [-0.1, -0.05) is 12.8 Å². The van der Waals surface area contributed by atoms with Crippen molar-refractivity contribution in [2.75, 3.05) is 18.0 Å². The number of fused-ring (bicyclic) bond motifs is 1. The number of aryl methyl sites for hydroxylation is 1. The van der Waals surface area contributed by atoms with Crippen LogP contribution < -0.4 is 10.6 Å². The van der Waals surface area contributed by atoms with E-state index in [1.54, 1.807) is 0 Å². The molecule has 4 nitrogen and oxygen atoms in total. The van der Waals surface area contributed by atoms with Crippen LogP contribution in [0.15, 0.2) is 0 Å². The summed E-state index contributed by atoms with van der Waals surface area (Å²) < 4.78 is 0. The van der Waals surface area contributed by atoms with Crippen LogP contribution in [0.3, 0.4) is 0 Å². The molecule has 5 heteroatoms. The Morgan fingerprint density at radius 2 is 1.68 bits per heavy atom. The van der Waals surface area contributed by atoms with Crippen LogP contribution in [-0.4, -0.2) is 23.1 Å². The van der Waals surface area contributed by atoms with Crippen molar-refractivity contribution in [1.29, 1.82) is 0 Å². The molecule has 2 N–H and O–H groups in total. The Labute approximate surface area is 121 Å². The van der Waals surface area contributed by atoms with E-state index in [1.807, 2.05) is 0 Å². The SMILES string of the molecule is Cl.NCc1nc(N2CCCCCC2)nc2c1CCC2. The van der Waals surface area contributed by atoms with Gasteiger partial charge in [-0.15, -0.1) is 12.4 Å². The van der Waals surface area contributed by atoms with Crippen molar-refractivity contribution in [3.8, 4) is 0 Å². The van der Waals surface area contributed by atoms with E-state index in [4.69, 9.17) is 15.7 Å². The molecule has 106 valence electrons. The molecule has 0 unspecified atom stereocenters. The van der Waals surface area contributed by atoms with Crippen LogP contribution in [0.4, 0.5) is 5.95 Å². The van der Waals surface area contributed by atoms with Gasteiger partial charge in [0.25, 0.3) is 0 Å². The molecular formula is C14H23ClN4. The number of hydrogen-bond acceptors (Lipinski definition) is 4. The maximum absolute atomic E-state index is 5.84. The third-order valence-corrected chi connectivity index (χ3v) is 4.09. The molecule has 1 aliphatic heterocycles. The smallest absolute Gasteiger partial charge is 0.225 e. The minimum absolute atomic E-state index is 0. The molecule has 2 heterocycles. The van der Waals surface area contributed by atoms with Gasteiger partial charge in [0.2, 0.25) is 5.95 Å². The summed E-state index contributed by atoms with van der Waals surface area (Å²) in [5.41, 5.74) is 9.51. The Hall–Kier alpha value is -0.870. The quantitative estimate of drug-likeness (QED) is 0.904. The highest BCUT2D eigenvalue weighted by Crippen LogP contribution is 2.26. The summed E-state index contributed by atoms with van der Waals surface area (Å²) in [5.74, 6) is 0.929. The van der Waals surface area contributed by atoms with Gasteiger partial charge in [-0.25, -0.2) is 9.97 Å². The summed E-state index contributed by atoms with van der Waals surface area (Å²) in [4.78, 5) is 11.9. The number of rotatable bonds is 2. The first kappa shape index (κ1) is 14.5. The first-order valence-electron chi connectivity index (χ1n) is 7.22. The molecule has 3 rings (SSSR count). The highest BCUT2D eigenvalue weighted by atomic mass is 35.5. The molecule has 1 fully saturated rings. The molecule has 1 aromatic rings. The lowest BCUT2D eigenvalue weighted by Gasteiger charge is -2.21. The lowest BCUT2D eigenvalue weighted by atomic mass is 10.2. The maximum Gasteiger partial charge on any atom is 0.225 e. The standard InChI is InChI=1S/C14H22N4.ClH/c15-10-13-11-6-5-7-12(11)16-14(17-13)18-8-3-1-2-4-9-18;/h1-10,15H2;1H. The molecule has 0 atom stereocenters. The number of hydrogen-bond donors (Lipinski definition) is 1. The second-order valence-electron chi connectivity index (χ2n) is 5.35. The number of halogens is 1. The van der Waals surface area contributed by atoms with Crippen LogP contribution >= 0.6 is 12.4 Å². The van der Waals surface area contributed by atoms with Gasteiger partial charge in [0.1, 0.15) is 0 Å². The second kappa shape index (κ2) is 6.53. The molecule has 2 aliphatic rings. The summed E-state index contributed by atoms with van der Waals surface area (Å²) in [6.07, 6.45) is 8.63. The van der Waals surface area contributed by atoms with Crippen molar-refractivity contribution < 1.29 is 0 Å². The normalized spacial score (nSPS) is 18.7. The Morgan fingerprint density at radius 3 is 2.37 bits per heavy atom. The van der Waals surface area contributed by atoms with Crippen molar-refractivity contribution >= 4 is 18.4 Å². The fourth-order valence-electron chi connectivity index (χ4n) is 3.08. The zero-order valence-electron chi connectivity index (χ0n) is 11.4. The van der Waals surface area contributed by atoms with E-state index in [0.29, 0.717) is 6.54 Å². The highest BCUT2D eigenvalue weighted by molar-refractivity contribution is 5.85. The number of anilines is 1. The lowest BCUT2D eigenvalue weighted by molar-refractivity contribution is 0.726. The van der Waals surface area contributed by atoms with Crippen LogP contribution in [0.5, 0.6) is 0 Å². The van der Waals surface area contributed by atoms with Gasteiger partial charge < -0.3 is 10.6 Å². The van der Waals surface area contributed by atoms with Crippen molar-refractivity contribution in [3.05, 3.63) is 17.0 Å². The minimum atomic E-state index is 0.